The van der Waals surface area contributed by atoms with Gasteiger partial charge in [-0.05, 0) is 12.8 Å². The molecule has 0 bridgehead atoms. The second kappa shape index (κ2) is 8.26. The molecule has 1 aromatic rings. The van der Waals surface area contributed by atoms with E-state index in [-0.39, 0.29) is 12.6 Å². The Labute approximate surface area is 118 Å². The minimum Gasteiger partial charge on any atom is -0.338 e. The number of carbonyl (C=O) groups is 2. The zero-order valence-electron chi connectivity index (χ0n) is 11.9. The van der Waals surface area contributed by atoms with Crippen molar-refractivity contribution < 1.29 is 9.59 Å². The topological polar surface area (TPSA) is 115 Å². The standard InChI is InChI=1S/C12H22N6O2/c1-3-5-9(13)10-7-18(17-16-10)8-11(19)15-12(20)14-6-4-2/h7,9H,3-6,8,13H2,1-2H3,(H2,14,15,19,20). The Kier molecular flexibility index (Phi) is 6.65. The first-order chi connectivity index (χ1) is 9.56. The van der Waals surface area contributed by atoms with Crippen LogP contribution in [-0.2, 0) is 11.3 Å². The van der Waals surface area contributed by atoms with Crippen LogP contribution in [0.3, 0.4) is 0 Å². The third-order valence-corrected chi connectivity index (χ3v) is 2.63. The van der Waals surface area contributed by atoms with Crippen molar-refractivity contribution in [1.82, 2.24) is 25.6 Å². The lowest BCUT2D eigenvalue weighted by Gasteiger charge is -2.05. The largest absolute Gasteiger partial charge is 0.338 e. The highest BCUT2D eigenvalue weighted by Gasteiger charge is 2.12. The zero-order valence-corrected chi connectivity index (χ0v) is 11.9. The number of urea groups is 1. The summed E-state index contributed by atoms with van der Waals surface area (Å²) in [6, 6.07) is -0.676. The van der Waals surface area contributed by atoms with Crippen LogP contribution in [0.15, 0.2) is 6.20 Å². The van der Waals surface area contributed by atoms with Crippen molar-refractivity contribution in [2.24, 2.45) is 5.73 Å². The molecule has 20 heavy (non-hydrogen) atoms. The fraction of sp³-hybridized carbons (Fsp3) is 0.667. The second-order valence-electron chi connectivity index (χ2n) is 4.54. The van der Waals surface area contributed by atoms with E-state index in [1.807, 2.05) is 13.8 Å². The summed E-state index contributed by atoms with van der Waals surface area (Å²) in [5.41, 5.74) is 6.55. The van der Waals surface area contributed by atoms with Crippen LogP contribution in [0.4, 0.5) is 4.79 Å². The van der Waals surface area contributed by atoms with Crippen LogP contribution in [0.25, 0.3) is 0 Å². The first-order valence-electron chi connectivity index (χ1n) is 6.80. The molecule has 1 aromatic heterocycles. The average Bonchev–Trinajstić information content (AvgIpc) is 2.85. The highest BCUT2D eigenvalue weighted by Crippen LogP contribution is 2.11. The molecule has 8 heteroatoms. The van der Waals surface area contributed by atoms with Gasteiger partial charge >= 0.3 is 6.03 Å². The SMILES string of the molecule is CCCNC(=O)NC(=O)Cn1cc(C(N)CCC)nn1. The van der Waals surface area contributed by atoms with E-state index in [1.54, 1.807) is 6.20 Å². The predicted molar refractivity (Wildman–Crippen MR) is 73.7 cm³/mol. The number of aromatic nitrogens is 3. The lowest BCUT2D eigenvalue weighted by atomic mass is 10.1. The molecule has 0 aromatic carbocycles. The number of carbonyl (C=O) groups excluding carboxylic acids is 2. The van der Waals surface area contributed by atoms with E-state index < -0.39 is 11.9 Å². The minimum absolute atomic E-state index is 0.0641. The van der Waals surface area contributed by atoms with Crippen molar-refractivity contribution in [3.05, 3.63) is 11.9 Å². The van der Waals surface area contributed by atoms with E-state index in [1.165, 1.54) is 4.68 Å². The molecule has 0 aliphatic rings. The Hall–Kier alpha value is -1.96. The quantitative estimate of drug-likeness (QED) is 0.666. The maximum absolute atomic E-state index is 11.6. The first kappa shape index (κ1) is 16.1. The van der Waals surface area contributed by atoms with Gasteiger partial charge in [-0.15, -0.1) is 5.10 Å². The van der Waals surface area contributed by atoms with Crippen LogP contribution < -0.4 is 16.4 Å². The molecule has 0 saturated carbocycles. The molecular weight excluding hydrogens is 260 g/mol. The van der Waals surface area contributed by atoms with Crippen LogP contribution in [0.2, 0.25) is 0 Å². The first-order valence-corrected chi connectivity index (χ1v) is 6.80. The molecule has 0 saturated heterocycles. The van der Waals surface area contributed by atoms with Gasteiger partial charge in [0.2, 0.25) is 5.91 Å². The van der Waals surface area contributed by atoms with Gasteiger partial charge in [0.25, 0.3) is 0 Å². The fourth-order valence-corrected chi connectivity index (χ4v) is 1.62. The Balaban J connectivity index is 2.44. The summed E-state index contributed by atoms with van der Waals surface area (Å²) < 4.78 is 1.37. The number of imide groups is 1. The molecule has 1 atom stereocenters. The smallest absolute Gasteiger partial charge is 0.321 e. The summed E-state index contributed by atoms with van der Waals surface area (Å²) in [7, 11) is 0. The molecule has 0 fully saturated rings. The molecule has 1 heterocycles. The van der Waals surface area contributed by atoms with Crippen molar-refractivity contribution >= 4 is 11.9 Å². The highest BCUT2D eigenvalue weighted by molar-refractivity contribution is 5.94. The summed E-state index contributed by atoms with van der Waals surface area (Å²) in [6.07, 6.45) is 4.20. The van der Waals surface area contributed by atoms with Crippen molar-refractivity contribution in [3.63, 3.8) is 0 Å². The summed E-state index contributed by atoms with van der Waals surface area (Å²) in [6.45, 7) is 4.43. The van der Waals surface area contributed by atoms with Gasteiger partial charge in [0, 0.05) is 6.54 Å². The number of nitrogens with one attached hydrogen (secondary N) is 2. The number of rotatable bonds is 7. The van der Waals surface area contributed by atoms with Crippen molar-refractivity contribution in [1.29, 1.82) is 0 Å². The Morgan fingerprint density at radius 1 is 1.40 bits per heavy atom. The number of hydrogen-bond donors (Lipinski definition) is 3. The van der Waals surface area contributed by atoms with E-state index >= 15 is 0 Å². The fourth-order valence-electron chi connectivity index (χ4n) is 1.62. The van der Waals surface area contributed by atoms with Gasteiger partial charge < -0.3 is 11.1 Å². The van der Waals surface area contributed by atoms with E-state index in [9.17, 15) is 9.59 Å². The highest BCUT2D eigenvalue weighted by atomic mass is 16.2. The van der Waals surface area contributed by atoms with Gasteiger partial charge in [0.05, 0.1) is 17.9 Å². The van der Waals surface area contributed by atoms with Gasteiger partial charge in [-0.2, -0.15) is 0 Å². The van der Waals surface area contributed by atoms with Gasteiger partial charge in [0.1, 0.15) is 6.54 Å². The summed E-state index contributed by atoms with van der Waals surface area (Å²) >= 11 is 0. The van der Waals surface area contributed by atoms with Gasteiger partial charge in [-0.1, -0.05) is 25.5 Å². The molecule has 1 unspecified atom stereocenters. The van der Waals surface area contributed by atoms with Crippen molar-refractivity contribution in [3.8, 4) is 0 Å². The molecule has 8 nitrogen and oxygen atoms in total. The van der Waals surface area contributed by atoms with Gasteiger partial charge in [0.15, 0.2) is 0 Å². The number of nitrogens with zero attached hydrogens (tertiary/aromatic N) is 3. The van der Waals surface area contributed by atoms with Crippen LogP contribution in [-0.4, -0.2) is 33.5 Å². The summed E-state index contributed by atoms with van der Waals surface area (Å²) in [5.74, 6) is -0.445. The monoisotopic (exact) mass is 282 g/mol. The molecular formula is C12H22N6O2. The van der Waals surface area contributed by atoms with E-state index in [2.05, 4.69) is 20.9 Å². The normalized spacial score (nSPS) is 11.9. The van der Waals surface area contributed by atoms with Crippen LogP contribution >= 0.6 is 0 Å². The number of hydrogen-bond acceptors (Lipinski definition) is 5. The van der Waals surface area contributed by atoms with Crippen LogP contribution in [0, 0.1) is 0 Å². The van der Waals surface area contributed by atoms with Crippen molar-refractivity contribution in [2.45, 2.75) is 45.7 Å². The average molecular weight is 282 g/mol. The van der Waals surface area contributed by atoms with Crippen LogP contribution in [0.5, 0.6) is 0 Å². The molecule has 0 aliphatic heterocycles. The molecule has 0 aliphatic carbocycles. The molecule has 0 spiro atoms. The molecule has 3 amide bonds. The van der Waals surface area contributed by atoms with Crippen LogP contribution in [0.1, 0.15) is 44.8 Å². The zero-order chi connectivity index (χ0) is 15.0. The minimum atomic E-state index is -0.500. The molecule has 112 valence electrons. The Morgan fingerprint density at radius 3 is 2.80 bits per heavy atom. The Morgan fingerprint density at radius 2 is 2.15 bits per heavy atom. The third-order valence-electron chi connectivity index (χ3n) is 2.63. The molecule has 0 radical (unpaired) electrons. The van der Waals surface area contributed by atoms with Crippen molar-refractivity contribution in [2.75, 3.05) is 6.54 Å². The predicted octanol–water partition coefficient (Wildman–Crippen LogP) is 0.314. The lowest BCUT2D eigenvalue weighted by molar-refractivity contribution is -0.120. The van der Waals surface area contributed by atoms with E-state index in [4.69, 9.17) is 5.73 Å². The Bertz CT molecular complexity index is 445. The third kappa shape index (κ3) is 5.35. The summed E-state index contributed by atoms with van der Waals surface area (Å²) in [5, 5.41) is 12.5. The van der Waals surface area contributed by atoms with E-state index in [0.717, 1.165) is 19.3 Å². The maximum Gasteiger partial charge on any atom is 0.321 e. The number of nitrogens with two attached hydrogens (primary N) is 1. The number of amides is 3. The van der Waals surface area contributed by atoms with E-state index in [0.29, 0.717) is 12.2 Å². The lowest BCUT2D eigenvalue weighted by Crippen LogP contribution is -2.41. The summed E-state index contributed by atoms with van der Waals surface area (Å²) in [4.78, 5) is 22.9. The maximum atomic E-state index is 11.6. The molecule has 1 rings (SSSR count). The second-order valence-corrected chi connectivity index (χ2v) is 4.54. The van der Waals surface area contributed by atoms with Gasteiger partial charge in [-0.25, -0.2) is 9.48 Å². The molecule has 4 N–H and O–H groups in total. The van der Waals surface area contributed by atoms with Gasteiger partial charge in [-0.3, -0.25) is 10.1 Å².